The van der Waals surface area contributed by atoms with Crippen LogP contribution in [0.3, 0.4) is 0 Å². The van der Waals surface area contributed by atoms with E-state index in [1.807, 2.05) is 0 Å². The first-order chi connectivity index (χ1) is 1.41. The van der Waals surface area contributed by atoms with Gasteiger partial charge in [-0.1, -0.05) is 0 Å². The first-order valence-electron chi connectivity index (χ1n) is 0.816. The van der Waals surface area contributed by atoms with E-state index in [9.17, 15) is 0 Å². The van der Waals surface area contributed by atoms with Gasteiger partial charge in [-0.2, -0.15) is 0 Å². The average Bonchev–Trinajstić information content (AvgIpc) is 0.918. The van der Waals surface area contributed by atoms with Crippen LogP contribution in [0, 0.1) is 0 Å². The monoisotopic (exact) mass is 180 g/mol. The summed E-state index contributed by atoms with van der Waals surface area (Å²) in [4.78, 5) is 0. The molecule has 0 heterocycles. The summed E-state index contributed by atoms with van der Waals surface area (Å²) in [5.41, 5.74) is 0. The maximum Gasteiger partial charge on any atom is 3.00 e. The van der Waals surface area contributed by atoms with Crippen LogP contribution in [0.15, 0.2) is 0 Å². The molecule has 44 valence electrons. The first kappa shape index (κ1) is 58.3. The first-order valence-corrected chi connectivity index (χ1v) is 2.45. The van der Waals surface area contributed by atoms with E-state index in [-0.39, 0.29) is 51.2 Å². The Hall–Kier alpha value is 1.34. The van der Waals surface area contributed by atoms with Gasteiger partial charge in [0.2, 0.25) is 0 Å². The predicted octanol–water partition coefficient (Wildman–Crippen LogP) is -3.55. The van der Waals surface area contributed by atoms with Crippen LogP contribution < -0.4 is 0 Å². The van der Waals surface area contributed by atoms with E-state index in [4.69, 9.17) is 0 Å². The number of hydrogen-bond acceptors (Lipinski definition) is 1. The Morgan fingerprint density at radius 3 is 0.750 bits per heavy atom. The summed E-state index contributed by atoms with van der Waals surface area (Å²) in [6, 6.07) is 0. The van der Waals surface area contributed by atoms with Gasteiger partial charge in [0.1, 0.15) is 21.0 Å². The fourth-order valence-electron chi connectivity index (χ4n) is 0. The van der Waals surface area contributed by atoms with Gasteiger partial charge >= 0.3 is 34.7 Å². The zero-order chi connectivity index (χ0) is 2.71. The summed E-state index contributed by atoms with van der Waals surface area (Å²) < 4.78 is 4.53. The number of rotatable bonds is 0. The van der Waals surface area contributed by atoms with Crippen LogP contribution in [0.1, 0.15) is 0 Å². The quantitative estimate of drug-likeness (QED) is 0.354. The summed E-state index contributed by atoms with van der Waals surface area (Å²) in [7, 11) is 1.86. The standard InChI is InChI=1S/2Al.H6OSi2.3O/c;;2-1-3;;;/h;;2-3H3;;;/q2*+3;;3*-2. The summed E-state index contributed by atoms with van der Waals surface area (Å²) in [5.74, 6) is 0. The normalized spacial score (nSPS) is 3.00. The van der Waals surface area contributed by atoms with Gasteiger partial charge in [-0.3, -0.25) is 0 Å². The maximum absolute atomic E-state index is 4.53. The van der Waals surface area contributed by atoms with E-state index < -0.39 is 0 Å². The molecule has 0 aromatic carbocycles. The Morgan fingerprint density at radius 1 is 0.750 bits per heavy atom. The third-order valence-electron chi connectivity index (χ3n) is 0. The average molecular weight is 180 g/mol. The molecule has 0 rings (SSSR count). The largest absolute Gasteiger partial charge is 3.00 e. The zero-order valence-corrected chi connectivity index (χ0v) is 11.1. The van der Waals surface area contributed by atoms with Crippen LogP contribution in [0.5, 0.6) is 0 Å². The minimum Gasteiger partial charge on any atom is -2.00 e. The molecule has 4 nitrogen and oxygen atoms in total. The summed E-state index contributed by atoms with van der Waals surface area (Å²) >= 11 is 0. The van der Waals surface area contributed by atoms with E-state index in [1.165, 1.54) is 0 Å². The van der Waals surface area contributed by atoms with Crippen molar-refractivity contribution in [3.63, 3.8) is 0 Å². The van der Waals surface area contributed by atoms with Crippen molar-refractivity contribution in [2.45, 2.75) is 0 Å². The van der Waals surface area contributed by atoms with E-state index >= 15 is 0 Å². The van der Waals surface area contributed by atoms with Gasteiger partial charge in [-0.05, 0) is 0 Å². The zero-order valence-electron chi connectivity index (χ0n) is 4.79. The molecular weight excluding hydrogens is 174 g/mol. The molecule has 0 N–H and O–H groups in total. The van der Waals surface area contributed by atoms with E-state index in [1.54, 1.807) is 0 Å². The molecule has 0 fully saturated rings. The van der Waals surface area contributed by atoms with Crippen molar-refractivity contribution in [2.75, 3.05) is 0 Å². The van der Waals surface area contributed by atoms with Crippen molar-refractivity contribution in [3.8, 4) is 0 Å². The predicted molar refractivity (Wildman–Crippen MR) is 34.5 cm³/mol. The molecule has 0 aliphatic carbocycles. The SMILES string of the molecule is [Al+3].[Al+3].[O-2].[O-2].[O-2].[SiH3]O[SiH3]. The van der Waals surface area contributed by atoms with Crippen LogP contribution in [0.25, 0.3) is 0 Å². The summed E-state index contributed by atoms with van der Waals surface area (Å²) in [6.07, 6.45) is 0. The molecule has 0 unspecified atom stereocenters. The molecule has 0 saturated heterocycles. The van der Waals surface area contributed by atoms with E-state index in [0.717, 1.165) is 21.0 Å². The number of hydrogen-bond donors (Lipinski definition) is 0. The van der Waals surface area contributed by atoms with Crippen molar-refractivity contribution in [3.05, 3.63) is 0 Å². The molecule has 8 heteroatoms. The molecule has 0 amide bonds. The second kappa shape index (κ2) is 82.1. The second-order valence-electron chi connectivity index (χ2n) is 0.408. The van der Waals surface area contributed by atoms with E-state index in [0.29, 0.717) is 0 Å². The topological polar surface area (TPSA) is 94.7 Å². The van der Waals surface area contributed by atoms with Crippen LogP contribution in [-0.4, -0.2) is 55.7 Å². The van der Waals surface area contributed by atoms with Crippen LogP contribution >= 0.6 is 0 Å². The third-order valence-corrected chi connectivity index (χ3v) is 0. The van der Waals surface area contributed by atoms with Gasteiger partial charge in [0, 0.05) is 0 Å². The Bertz CT molecular complexity index is 12.0. The van der Waals surface area contributed by atoms with Crippen molar-refractivity contribution in [1.29, 1.82) is 0 Å². The minimum absolute atomic E-state index is 0. The molecule has 0 spiro atoms. The Kier molecular flexibility index (Phi) is 598. The van der Waals surface area contributed by atoms with E-state index in [2.05, 4.69) is 4.12 Å². The fourth-order valence-corrected chi connectivity index (χ4v) is 0. The van der Waals surface area contributed by atoms with Gasteiger partial charge < -0.3 is 20.5 Å². The molecule has 0 aromatic heterocycles. The third kappa shape index (κ3) is 165. The smallest absolute Gasteiger partial charge is 2.00 e. The summed E-state index contributed by atoms with van der Waals surface area (Å²) in [5, 5.41) is 0. The fraction of sp³-hybridized carbons (Fsp3) is 0. The van der Waals surface area contributed by atoms with Gasteiger partial charge in [0.15, 0.2) is 0 Å². The van der Waals surface area contributed by atoms with Crippen LogP contribution in [0.4, 0.5) is 0 Å². The van der Waals surface area contributed by atoms with Crippen molar-refractivity contribution in [1.82, 2.24) is 0 Å². The summed E-state index contributed by atoms with van der Waals surface area (Å²) in [6.45, 7) is 0. The Morgan fingerprint density at radius 2 is 0.750 bits per heavy atom. The van der Waals surface area contributed by atoms with Crippen molar-refractivity contribution < 1.29 is 20.5 Å². The van der Waals surface area contributed by atoms with Crippen LogP contribution in [-0.2, 0) is 20.5 Å². The van der Waals surface area contributed by atoms with Gasteiger partial charge in [0.25, 0.3) is 0 Å². The van der Waals surface area contributed by atoms with Gasteiger partial charge in [-0.25, -0.2) is 0 Å². The maximum atomic E-state index is 4.53. The molecule has 0 bridgehead atoms. The molecule has 8 heavy (non-hydrogen) atoms. The molecule has 0 radical (unpaired) electrons. The van der Waals surface area contributed by atoms with Crippen molar-refractivity contribution >= 4 is 55.7 Å². The Labute approximate surface area is 76.3 Å². The Balaban J connectivity index is -0.00000000200. The van der Waals surface area contributed by atoms with Gasteiger partial charge in [0.05, 0.1) is 0 Å². The molecule has 0 aliphatic heterocycles. The molecular formula is H6Al2O4Si2. The molecule has 0 atom stereocenters. The molecule has 0 aliphatic rings. The molecule has 0 aromatic rings. The van der Waals surface area contributed by atoms with Crippen molar-refractivity contribution in [2.24, 2.45) is 0 Å². The van der Waals surface area contributed by atoms with Crippen LogP contribution in [0.2, 0.25) is 0 Å². The second-order valence-corrected chi connectivity index (χ2v) is 3.67. The minimum atomic E-state index is 0. The molecule has 0 saturated carbocycles. The van der Waals surface area contributed by atoms with Gasteiger partial charge in [-0.15, -0.1) is 0 Å².